The third-order valence-corrected chi connectivity index (χ3v) is 5.33. The smallest absolute Gasteiger partial charge is 0.0849 e. The third kappa shape index (κ3) is 2.55. The van der Waals surface area contributed by atoms with Crippen molar-refractivity contribution in [2.75, 3.05) is 0 Å². The molecule has 4 heteroatoms. The van der Waals surface area contributed by atoms with E-state index in [0.717, 1.165) is 36.5 Å². The first-order valence-electron chi connectivity index (χ1n) is 6.96. The molecule has 2 rings (SSSR count). The molecule has 0 bridgehead atoms. The van der Waals surface area contributed by atoms with Crippen LogP contribution < -0.4 is 0 Å². The molecule has 0 aromatic carbocycles. The Hall–Kier alpha value is -0.210. The first-order chi connectivity index (χ1) is 8.58. The van der Waals surface area contributed by atoms with Gasteiger partial charge in [-0.15, -0.1) is 11.6 Å². The zero-order valence-electron chi connectivity index (χ0n) is 11.4. The van der Waals surface area contributed by atoms with Crippen molar-refractivity contribution in [1.82, 2.24) is 9.78 Å². The lowest BCUT2D eigenvalue weighted by Crippen LogP contribution is -2.15. The number of aromatic nitrogens is 2. The second-order valence-corrected chi connectivity index (χ2v) is 6.23. The maximum Gasteiger partial charge on any atom is 0.0849 e. The molecule has 0 N–H and O–H groups in total. The van der Waals surface area contributed by atoms with E-state index in [-0.39, 0.29) is 0 Å². The molecule has 102 valence electrons. The summed E-state index contributed by atoms with van der Waals surface area (Å²) in [4.78, 5) is 0. The summed E-state index contributed by atoms with van der Waals surface area (Å²) in [5, 5.41) is 5.79. The Morgan fingerprint density at radius 2 is 2.06 bits per heavy atom. The predicted molar refractivity (Wildman–Crippen MR) is 77.5 cm³/mol. The summed E-state index contributed by atoms with van der Waals surface area (Å²) in [5.41, 5.74) is 2.24. The summed E-state index contributed by atoms with van der Waals surface area (Å²) in [7, 11) is 0. The van der Waals surface area contributed by atoms with Gasteiger partial charge in [-0.25, -0.2) is 0 Å². The molecule has 0 spiro atoms. The van der Waals surface area contributed by atoms with Gasteiger partial charge < -0.3 is 0 Å². The van der Waals surface area contributed by atoms with Gasteiger partial charge in [0.15, 0.2) is 0 Å². The Morgan fingerprint density at radius 3 is 2.56 bits per heavy atom. The first kappa shape index (κ1) is 14.2. The van der Waals surface area contributed by atoms with E-state index in [1.807, 2.05) is 0 Å². The fourth-order valence-corrected chi connectivity index (χ4v) is 3.62. The molecule has 2 nitrogen and oxygen atoms in total. The van der Waals surface area contributed by atoms with Gasteiger partial charge in [0.25, 0.3) is 0 Å². The van der Waals surface area contributed by atoms with Crippen LogP contribution in [-0.4, -0.2) is 15.2 Å². The van der Waals surface area contributed by atoms with Crippen molar-refractivity contribution >= 4 is 23.2 Å². The fourth-order valence-electron chi connectivity index (χ4n) is 2.94. The lowest BCUT2D eigenvalue weighted by atomic mass is 9.93. The molecule has 18 heavy (non-hydrogen) atoms. The van der Waals surface area contributed by atoms with E-state index in [1.54, 1.807) is 0 Å². The van der Waals surface area contributed by atoms with Gasteiger partial charge in [0.2, 0.25) is 0 Å². The Kier molecular flexibility index (Phi) is 4.60. The molecule has 0 radical (unpaired) electrons. The topological polar surface area (TPSA) is 17.8 Å². The highest BCUT2D eigenvalue weighted by Crippen LogP contribution is 2.38. The van der Waals surface area contributed by atoms with Crippen molar-refractivity contribution in [2.24, 2.45) is 11.8 Å². The normalized spacial score (nSPS) is 27.9. The highest BCUT2D eigenvalue weighted by atomic mass is 35.5. The molecule has 3 unspecified atom stereocenters. The van der Waals surface area contributed by atoms with E-state index in [9.17, 15) is 0 Å². The Morgan fingerprint density at radius 1 is 1.33 bits per heavy atom. The molecule has 3 atom stereocenters. The standard InChI is InChI=1S/C14H22Cl2N2/c1-4-12-14(16)13(18(5-2)17-12)8-10-6-7-11(15)9(10)3/h9-11H,4-8H2,1-3H3. The van der Waals surface area contributed by atoms with Gasteiger partial charge in [0.1, 0.15) is 0 Å². The van der Waals surface area contributed by atoms with Crippen LogP contribution in [0.15, 0.2) is 0 Å². The minimum atomic E-state index is 0.331. The lowest BCUT2D eigenvalue weighted by molar-refractivity contribution is 0.406. The summed E-state index contributed by atoms with van der Waals surface area (Å²) < 4.78 is 2.06. The average molecular weight is 289 g/mol. The largest absolute Gasteiger partial charge is 0.268 e. The van der Waals surface area contributed by atoms with Crippen molar-refractivity contribution < 1.29 is 0 Å². The highest BCUT2D eigenvalue weighted by molar-refractivity contribution is 6.31. The second-order valence-electron chi connectivity index (χ2n) is 5.29. The molecule has 1 fully saturated rings. The van der Waals surface area contributed by atoms with Crippen molar-refractivity contribution in [2.45, 2.75) is 58.4 Å². The molecule has 0 aliphatic heterocycles. The van der Waals surface area contributed by atoms with Crippen LogP contribution in [0.5, 0.6) is 0 Å². The van der Waals surface area contributed by atoms with Gasteiger partial charge >= 0.3 is 0 Å². The molecule has 1 aliphatic rings. The number of hydrogen-bond acceptors (Lipinski definition) is 1. The third-order valence-electron chi connectivity index (χ3n) is 4.28. The molecule has 1 aromatic heterocycles. The van der Waals surface area contributed by atoms with Gasteiger partial charge in [-0.1, -0.05) is 25.4 Å². The van der Waals surface area contributed by atoms with Crippen LogP contribution >= 0.6 is 23.2 Å². The van der Waals surface area contributed by atoms with Gasteiger partial charge in [0, 0.05) is 11.9 Å². The molecule has 1 aliphatic carbocycles. The average Bonchev–Trinajstić information content (AvgIpc) is 2.85. The summed E-state index contributed by atoms with van der Waals surface area (Å²) in [5.74, 6) is 1.23. The van der Waals surface area contributed by atoms with Crippen LogP contribution in [0.4, 0.5) is 0 Å². The van der Waals surface area contributed by atoms with Crippen molar-refractivity contribution in [1.29, 1.82) is 0 Å². The van der Waals surface area contributed by atoms with Crippen molar-refractivity contribution in [3.8, 4) is 0 Å². The van der Waals surface area contributed by atoms with Crippen LogP contribution in [0, 0.1) is 11.8 Å². The molecule has 0 saturated heterocycles. The monoisotopic (exact) mass is 288 g/mol. The van der Waals surface area contributed by atoms with E-state index >= 15 is 0 Å². The quantitative estimate of drug-likeness (QED) is 0.755. The molecule has 1 heterocycles. The summed E-state index contributed by atoms with van der Waals surface area (Å²) in [6.07, 6.45) is 4.26. The van der Waals surface area contributed by atoms with Gasteiger partial charge in [-0.3, -0.25) is 4.68 Å². The van der Waals surface area contributed by atoms with E-state index < -0.39 is 0 Å². The van der Waals surface area contributed by atoms with Crippen LogP contribution in [0.1, 0.15) is 45.0 Å². The minimum absolute atomic E-state index is 0.331. The molecule has 1 aromatic rings. The maximum atomic E-state index is 6.45. The zero-order valence-corrected chi connectivity index (χ0v) is 12.9. The van der Waals surface area contributed by atoms with E-state index in [2.05, 4.69) is 30.6 Å². The zero-order chi connectivity index (χ0) is 13.3. The Bertz CT molecular complexity index is 414. The Labute approximate surface area is 120 Å². The van der Waals surface area contributed by atoms with E-state index in [0.29, 0.717) is 17.2 Å². The minimum Gasteiger partial charge on any atom is -0.268 e. The number of hydrogen-bond donors (Lipinski definition) is 0. The Balaban J connectivity index is 2.20. The molecular weight excluding hydrogens is 267 g/mol. The number of aryl methyl sites for hydroxylation is 2. The summed E-state index contributed by atoms with van der Waals surface area (Å²) >= 11 is 12.8. The highest BCUT2D eigenvalue weighted by Gasteiger charge is 2.32. The SMILES string of the molecule is CCc1nn(CC)c(CC2CCC(Cl)C2C)c1Cl. The predicted octanol–water partition coefficient (Wildman–Crippen LogP) is 4.31. The summed E-state index contributed by atoms with van der Waals surface area (Å²) in [6.45, 7) is 7.37. The second kappa shape index (κ2) is 5.83. The number of halogens is 2. The first-order valence-corrected chi connectivity index (χ1v) is 7.78. The fraction of sp³-hybridized carbons (Fsp3) is 0.786. The van der Waals surface area contributed by atoms with Crippen molar-refractivity contribution in [3.63, 3.8) is 0 Å². The molecule has 0 amide bonds. The maximum absolute atomic E-state index is 6.45. The number of alkyl halides is 1. The summed E-state index contributed by atoms with van der Waals surface area (Å²) in [6, 6.07) is 0. The van der Waals surface area contributed by atoms with Crippen LogP contribution in [-0.2, 0) is 19.4 Å². The molecular formula is C14H22Cl2N2. The van der Waals surface area contributed by atoms with Gasteiger partial charge in [0.05, 0.1) is 16.4 Å². The van der Waals surface area contributed by atoms with Crippen LogP contribution in [0.3, 0.4) is 0 Å². The van der Waals surface area contributed by atoms with Crippen LogP contribution in [0.25, 0.3) is 0 Å². The number of rotatable bonds is 4. The molecule has 1 saturated carbocycles. The van der Waals surface area contributed by atoms with Gasteiger partial charge in [-0.05, 0) is 44.4 Å². The lowest BCUT2D eigenvalue weighted by Gasteiger charge is -2.17. The van der Waals surface area contributed by atoms with Crippen LogP contribution in [0.2, 0.25) is 5.02 Å². The van der Waals surface area contributed by atoms with Gasteiger partial charge in [-0.2, -0.15) is 5.10 Å². The van der Waals surface area contributed by atoms with E-state index in [4.69, 9.17) is 23.2 Å². The number of nitrogens with zero attached hydrogens (tertiary/aromatic N) is 2. The van der Waals surface area contributed by atoms with Crippen molar-refractivity contribution in [3.05, 3.63) is 16.4 Å². The van der Waals surface area contributed by atoms with E-state index in [1.165, 1.54) is 12.1 Å².